The second-order valence-electron chi connectivity index (χ2n) is 7.02. The van der Waals surface area contributed by atoms with Crippen molar-refractivity contribution in [3.05, 3.63) is 0 Å². The molecule has 0 aliphatic rings. The number of nitrogens with two attached hydrogens (primary N) is 2. The first-order valence-electron chi connectivity index (χ1n) is 10.2. The zero-order valence-electron chi connectivity index (χ0n) is 19.0. The number of carboxylic acid groups (broad SMARTS) is 4. The van der Waals surface area contributed by atoms with Gasteiger partial charge in [0.15, 0.2) is 0 Å². The molecule has 11 N–H and O–H groups in total. The van der Waals surface area contributed by atoms with Crippen LogP contribution >= 0.6 is 12.6 Å². The van der Waals surface area contributed by atoms with Gasteiger partial charge in [-0.3, -0.25) is 19.2 Å². The second kappa shape index (κ2) is 19.3. The van der Waals surface area contributed by atoms with Crippen LogP contribution in [0, 0.1) is 0 Å². The molecule has 0 saturated heterocycles. The van der Waals surface area contributed by atoms with E-state index in [4.69, 9.17) is 31.9 Å². The molecule has 3 amide bonds. The Morgan fingerprint density at radius 3 is 1.47 bits per heavy atom. The van der Waals surface area contributed by atoms with Gasteiger partial charge in [0.1, 0.15) is 18.6 Å². The topological polar surface area (TPSA) is 289 Å². The third-order valence-electron chi connectivity index (χ3n) is 4.06. The van der Waals surface area contributed by atoms with Gasteiger partial charge in [-0.25, -0.2) is 0 Å². The fourth-order valence-corrected chi connectivity index (χ4v) is 2.79. The van der Waals surface area contributed by atoms with E-state index in [1.165, 1.54) is 0 Å². The van der Waals surface area contributed by atoms with Crippen LogP contribution in [-0.2, 0) is 33.6 Å². The molecule has 0 saturated carbocycles. The van der Waals surface area contributed by atoms with Crippen molar-refractivity contribution < 1.29 is 54.0 Å². The van der Waals surface area contributed by atoms with Crippen LogP contribution in [0.5, 0.6) is 0 Å². The molecule has 16 nitrogen and oxygen atoms in total. The van der Waals surface area contributed by atoms with Gasteiger partial charge in [-0.1, -0.05) is 0 Å². The fraction of sp³-hybridized carbons (Fsp3) is 0.611. The summed E-state index contributed by atoms with van der Waals surface area (Å²) in [6.07, 6.45) is -0.364. The van der Waals surface area contributed by atoms with E-state index in [0.29, 0.717) is 0 Å². The molecular formula is C18H31N5O11SSe. The molecule has 0 bridgehead atoms. The van der Waals surface area contributed by atoms with Crippen molar-refractivity contribution in [1.29, 1.82) is 0 Å². The zero-order chi connectivity index (χ0) is 28.4. The normalized spacial score (nSPS) is 13.4. The van der Waals surface area contributed by atoms with E-state index in [0.717, 1.165) is 0 Å². The monoisotopic (exact) mass is 605 g/mol. The Morgan fingerprint density at radius 1 is 0.750 bits per heavy atom. The third-order valence-corrected chi connectivity index (χ3v) is 5.19. The summed E-state index contributed by atoms with van der Waals surface area (Å²) in [4.78, 5) is 75.9. The predicted molar refractivity (Wildman–Crippen MR) is 128 cm³/mol. The van der Waals surface area contributed by atoms with Gasteiger partial charge in [0.25, 0.3) is 0 Å². The van der Waals surface area contributed by atoms with E-state index in [1.807, 2.05) is 0 Å². The van der Waals surface area contributed by atoms with Crippen molar-refractivity contribution in [1.82, 2.24) is 16.0 Å². The molecule has 0 heterocycles. The quantitative estimate of drug-likeness (QED) is 0.0592. The van der Waals surface area contributed by atoms with Crippen molar-refractivity contribution in [2.45, 2.75) is 55.2 Å². The maximum atomic E-state index is 11.5. The summed E-state index contributed by atoms with van der Waals surface area (Å²) >= 11 is 5.94. The first kappa shape index (κ1) is 35.2. The molecular weight excluding hydrogens is 573 g/mol. The average Bonchev–Trinajstić information content (AvgIpc) is 2.80. The minimum absolute atomic E-state index is 0.0217. The summed E-state index contributed by atoms with van der Waals surface area (Å²) < 4.78 is 0. The molecule has 36 heavy (non-hydrogen) atoms. The molecule has 0 rings (SSSR count). The molecule has 0 spiro atoms. The molecule has 4 unspecified atom stereocenters. The Morgan fingerprint density at radius 2 is 1.17 bits per heavy atom. The number of amides is 3. The van der Waals surface area contributed by atoms with E-state index < -0.39 is 72.3 Å². The van der Waals surface area contributed by atoms with E-state index in [2.05, 4.69) is 44.6 Å². The summed E-state index contributed by atoms with van der Waals surface area (Å²) in [5.74, 6) is -6.54. The van der Waals surface area contributed by atoms with Crippen LogP contribution < -0.4 is 27.4 Å². The van der Waals surface area contributed by atoms with Crippen molar-refractivity contribution in [3.63, 3.8) is 0 Å². The molecule has 0 radical (unpaired) electrons. The Bertz CT molecular complexity index is 801. The first-order chi connectivity index (χ1) is 16.7. The SMILES string of the molecule is NC(CCC(=O)NC(CS)C(=O)NCC(=O)O)C(=O)O.NC(CCC(=O)NC(C[SeH])C(=O)O)C(=O)O. The summed E-state index contributed by atoms with van der Waals surface area (Å²) in [5.41, 5.74) is 10.4. The maximum absolute atomic E-state index is 11.5. The Labute approximate surface area is 219 Å². The molecule has 0 aliphatic heterocycles. The van der Waals surface area contributed by atoms with Crippen LogP contribution in [0.15, 0.2) is 0 Å². The van der Waals surface area contributed by atoms with Gasteiger partial charge >= 0.3 is 112 Å². The van der Waals surface area contributed by atoms with E-state index in [9.17, 15) is 33.6 Å². The summed E-state index contributed by atoms with van der Waals surface area (Å²) in [7, 11) is 0. The van der Waals surface area contributed by atoms with Crippen LogP contribution in [0.2, 0.25) is 5.32 Å². The number of hydrogen-bond donors (Lipinski definition) is 10. The molecule has 0 fully saturated rings. The van der Waals surface area contributed by atoms with Crippen molar-refractivity contribution in [2.24, 2.45) is 11.5 Å². The Balaban J connectivity index is 0. The van der Waals surface area contributed by atoms with E-state index in [1.54, 1.807) is 0 Å². The number of carbonyl (C=O) groups excluding carboxylic acids is 3. The standard InChI is InChI=1S/C10H17N3O6S.C8H14N2O5Se/c11-5(10(18)19)1-2-7(14)13-6(4-20)9(17)12-3-8(15)16;9-4(7(12)13)1-2-6(11)10-5(3-16)8(14)15/h5-6,20H,1-4,11H2,(H,12,17)(H,13,14)(H,15,16)(H,18,19);4-5,16H,1-3,9H2,(H,10,11)(H,12,13)(H,14,15). The Hall–Kier alpha value is -2.92. The summed E-state index contributed by atoms with van der Waals surface area (Å²) in [5, 5.41) is 40.9. The fourth-order valence-electron chi connectivity index (χ4n) is 2.02. The van der Waals surface area contributed by atoms with Crippen LogP contribution in [0.4, 0.5) is 0 Å². The van der Waals surface area contributed by atoms with Crippen molar-refractivity contribution in [2.75, 3.05) is 12.3 Å². The molecule has 206 valence electrons. The van der Waals surface area contributed by atoms with E-state index in [-0.39, 0.29) is 36.8 Å². The van der Waals surface area contributed by atoms with Gasteiger partial charge in [-0.15, -0.1) is 0 Å². The van der Waals surface area contributed by atoms with Gasteiger partial charge in [-0.2, -0.15) is 12.6 Å². The van der Waals surface area contributed by atoms with Crippen LogP contribution in [0.1, 0.15) is 25.7 Å². The molecule has 0 aliphatic carbocycles. The number of hydrogen-bond acceptors (Lipinski definition) is 10. The van der Waals surface area contributed by atoms with Gasteiger partial charge in [0, 0.05) is 12.2 Å². The van der Waals surface area contributed by atoms with Crippen molar-refractivity contribution >= 4 is 70.2 Å². The van der Waals surface area contributed by atoms with Gasteiger partial charge < -0.3 is 26.6 Å². The summed E-state index contributed by atoms with van der Waals surface area (Å²) in [6.45, 7) is -0.567. The molecule has 4 atom stereocenters. The molecule has 0 aromatic carbocycles. The number of carbonyl (C=O) groups is 7. The zero-order valence-corrected chi connectivity index (χ0v) is 21.7. The van der Waals surface area contributed by atoms with Crippen LogP contribution in [0.25, 0.3) is 0 Å². The van der Waals surface area contributed by atoms with Gasteiger partial charge in [-0.05, 0) is 6.42 Å². The van der Waals surface area contributed by atoms with E-state index >= 15 is 0 Å². The van der Waals surface area contributed by atoms with Crippen LogP contribution in [-0.4, -0.2) is 115 Å². The molecule has 18 heteroatoms. The minimum atomic E-state index is -1.22. The number of nitrogens with one attached hydrogen (secondary N) is 3. The third kappa shape index (κ3) is 17.5. The summed E-state index contributed by atoms with van der Waals surface area (Å²) in [6, 6.07) is -4.22. The van der Waals surface area contributed by atoms with Gasteiger partial charge in [0.2, 0.25) is 11.8 Å². The average molecular weight is 604 g/mol. The first-order valence-corrected chi connectivity index (χ1v) is 12.1. The number of aliphatic carboxylic acids is 4. The van der Waals surface area contributed by atoms with Crippen molar-refractivity contribution in [3.8, 4) is 0 Å². The Kier molecular flexibility index (Phi) is 18.9. The van der Waals surface area contributed by atoms with Crippen LogP contribution in [0.3, 0.4) is 0 Å². The second-order valence-corrected chi connectivity index (χ2v) is 8.15. The number of rotatable bonds is 16. The van der Waals surface area contributed by atoms with Gasteiger partial charge in [0.05, 0.1) is 0 Å². The molecule has 0 aromatic rings. The number of carboxylic acids is 4. The predicted octanol–water partition coefficient (Wildman–Crippen LogP) is -4.14. The number of thiol groups is 1. The molecule has 0 aromatic heterocycles.